The normalized spacial score (nSPS) is 10.2. The predicted molar refractivity (Wildman–Crippen MR) is 76.1 cm³/mol. The zero-order valence-electron chi connectivity index (χ0n) is 11.3. The van der Waals surface area contributed by atoms with Crippen LogP contribution in [0.2, 0.25) is 0 Å². The number of thiophene rings is 1. The highest BCUT2D eigenvalue weighted by atomic mass is 32.1. The number of hydrogen-bond acceptors (Lipinski definition) is 4. The van der Waals surface area contributed by atoms with E-state index in [1.165, 1.54) is 4.88 Å². The molecule has 1 amide bonds. The molecule has 19 heavy (non-hydrogen) atoms. The Hall–Kier alpha value is -1.36. The minimum Gasteiger partial charge on any atom is -0.465 e. The molecule has 0 fully saturated rings. The van der Waals surface area contributed by atoms with Crippen molar-refractivity contribution >= 4 is 23.2 Å². The lowest BCUT2D eigenvalue weighted by atomic mass is 10.2. The first-order chi connectivity index (χ1) is 9.22. The predicted octanol–water partition coefficient (Wildman–Crippen LogP) is 2.53. The molecule has 0 spiro atoms. The van der Waals surface area contributed by atoms with Crippen LogP contribution in [0.1, 0.15) is 37.5 Å². The molecule has 0 aliphatic heterocycles. The van der Waals surface area contributed by atoms with E-state index in [0.717, 1.165) is 12.8 Å². The largest absolute Gasteiger partial charge is 0.465 e. The molecular weight excluding hydrogens is 262 g/mol. The van der Waals surface area contributed by atoms with Crippen LogP contribution in [0.4, 0.5) is 0 Å². The number of ether oxygens (including phenoxy) is 1. The summed E-state index contributed by atoms with van der Waals surface area (Å²) in [6, 6.07) is 4.01. The van der Waals surface area contributed by atoms with Crippen LogP contribution in [-0.4, -0.2) is 25.0 Å². The molecule has 1 aromatic heterocycles. The molecule has 0 bridgehead atoms. The van der Waals surface area contributed by atoms with Gasteiger partial charge in [0.05, 0.1) is 6.61 Å². The number of nitrogens with one attached hydrogen (secondary N) is 1. The summed E-state index contributed by atoms with van der Waals surface area (Å²) < 4.78 is 5.11. The van der Waals surface area contributed by atoms with Gasteiger partial charge in [0.15, 0.2) is 0 Å². The number of rotatable bonds is 9. The van der Waals surface area contributed by atoms with Crippen LogP contribution in [0, 0.1) is 0 Å². The lowest BCUT2D eigenvalue weighted by molar-refractivity contribution is -0.143. The first kappa shape index (κ1) is 15.7. The van der Waals surface area contributed by atoms with Crippen LogP contribution in [0.3, 0.4) is 0 Å². The minimum absolute atomic E-state index is 0.00763. The standard InChI is InChI=1S/C14H21NO3S/c1-2-9-15-13(16)6-3-7-14(17)18-10-8-12-5-4-11-19-12/h4-5,11H,2-3,6-10H2,1H3,(H,15,16). The second kappa shape index (κ2) is 9.55. The van der Waals surface area contributed by atoms with E-state index >= 15 is 0 Å². The Morgan fingerprint density at radius 1 is 1.37 bits per heavy atom. The molecule has 0 aliphatic carbocycles. The van der Waals surface area contributed by atoms with Gasteiger partial charge in [-0.2, -0.15) is 0 Å². The summed E-state index contributed by atoms with van der Waals surface area (Å²) in [4.78, 5) is 23.9. The summed E-state index contributed by atoms with van der Waals surface area (Å²) in [5.74, 6) is -0.215. The molecule has 1 heterocycles. The molecule has 0 radical (unpaired) electrons. The van der Waals surface area contributed by atoms with Gasteiger partial charge in [0, 0.05) is 30.7 Å². The lowest BCUT2D eigenvalue weighted by Gasteiger charge is -2.04. The van der Waals surface area contributed by atoms with E-state index in [2.05, 4.69) is 5.32 Å². The summed E-state index contributed by atoms with van der Waals surface area (Å²) in [6.45, 7) is 3.12. The molecule has 0 atom stereocenters. The average molecular weight is 283 g/mol. The fourth-order valence-corrected chi connectivity index (χ4v) is 2.23. The molecule has 0 saturated heterocycles. The van der Waals surface area contributed by atoms with Crippen molar-refractivity contribution in [3.05, 3.63) is 22.4 Å². The Kier molecular flexibility index (Phi) is 7.89. The third-order valence-electron chi connectivity index (χ3n) is 2.55. The minimum atomic E-state index is -0.222. The molecule has 5 heteroatoms. The average Bonchev–Trinajstić information content (AvgIpc) is 2.89. The van der Waals surface area contributed by atoms with Crippen LogP contribution in [0.5, 0.6) is 0 Å². The van der Waals surface area contributed by atoms with Crippen LogP contribution in [-0.2, 0) is 20.7 Å². The monoisotopic (exact) mass is 283 g/mol. The highest BCUT2D eigenvalue weighted by molar-refractivity contribution is 7.09. The SMILES string of the molecule is CCCNC(=O)CCCC(=O)OCCc1cccs1. The Balaban J connectivity index is 2.00. The summed E-state index contributed by atoms with van der Waals surface area (Å²) in [7, 11) is 0. The van der Waals surface area contributed by atoms with Crippen molar-refractivity contribution in [2.24, 2.45) is 0 Å². The fourth-order valence-electron chi connectivity index (χ4n) is 1.54. The van der Waals surface area contributed by atoms with E-state index < -0.39 is 0 Å². The van der Waals surface area contributed by atoms with Crippen LogP contribution >= 0.6 is 11.3 Å². The summed E-state index contributed by atoms with van der Waals surface area (Å²) in [6.07, 6.45) is 2.94. The van der Waals surface area contributed by atoms with E-state index in [9.17, 15) is 9.59 Å². The fraction of sp³-hybridized carbons (Fsp3) is 0.571. The van der Waals surface area contributed by atoms with Gasteiger partial charge < -0.3 is 10.1 Å². The maximum atomic E-state index is 11.4. The number of esters is 1. The van der Waals surface area contributed by atoms with Gasteiger partial charge in [0.2, 0.25) is 5.91 Å². The van der Waals surface area contributed by atoms with Gasteiger partial charge in [-0.25, -0.2) is 0 Å². The van der Waals surface area contributed by atoms with Crippen molar-refractivity contribution in [2.45, 2.75) is 39.0 Å². The van der Waals surface area contributed by atoms with Gasteiger partial charge in [0.1, 0.15) is 0 Å². The highest BCUT2D eigenvalue weighted by Gasteiger charge is 2.06. The smallest absolute Gasteiger partial charge is 0.305 e. The van der Waals surface area contributed by atoms with Crippen molar-refractivity contribution in [1.82, 2.24) is 5.32 Å². The van der Waals surface area contributed by atoms with Crippen molar-refractivity contribution in [3.63, 3.8) is 0 Å². The van der Waals surface area contributed by atoms with Gasteiger partial charge in [-0.3, -0.25) is 9.59 Å². The van der Waals surface area contributed by atoms with Gasteiger partial charge >= 0.3 is 5.97 Å². The van der Waals surface area contributed by atoms with Crippen LogP contribution in [0.15, 0.2) is 17.5 Å². The topological polar surface area (TPSA) is 55.4 Å². The van der Waals surface area contributed by atoms with Gasteiger partial charge in [-0.15, -0.1) is 11.3 Å². The Labute approximate surface area is 118 Å². The molecule has 4 nitrogen and oxygen atoms in total. The zero-order valence-corrected chi connectivity index (χ0v) is 12.1. The maximum absolute atomic E-state index is 11.4. The number of carbonyl (C=O) groups excluding carboxylic acids is 2. The maximum Gasteiger partial charge on any atom is 0.305 e. The highest BCUT2D eigenvalue weighted by Crippen LogP contribution is 2.09. The second-order valence-electron chi connectivity index (χ2n) is 4.25. The van der Waals surface area contributed by atoms with E-state index in [1.54, 1.807) is 11.3 Å². The first-order valence-corrected chi connectivity index (χ1v) is 7.55. The first-order valence-electron chi connectivity index (χ1n) is 6.67. The molecule has 1 N–H and O–H groups in total. The van der Waals surface area contributed by atoms with E-state index in [0.29, 0.717) is 32.4 Å². The summed E-state index contributed by atoms with van der Waals surface area (Å²) in [5, 5.41) is 4.78. The summed E-state index contributed by atoms with van der Waals surface area (Å²) in [5.41, 5.74) is 0. The van der Waals surface area contributed by atoms with Crippen molar-refractivity contribution in [1.29, 1.82) is 0 Å². The van der Waals surface area contributed by atoms with Gasteiger partial charge in [-0.05, 0) is 24.3 Å². The Bertz CT molecular complexity index is 376. The third-order valence-corrected chi connectivity index (χ3v) is 3.48. The lowest BCUT2D eigenvalue weighted by Crippen LogP contribution is -2.23. The third kappa shape index (κ3) is 7.62. The van der Waals surface area contributed by atoms with Gasteiger partial charge in [-0.1, -0.05) is 13.0 Å². The Morgan fingerprint density at radius 2 is 2.21 bits per heavy atom. The van der Waals surface area contributed by atoms with E-state index in [4.69, 9.17) is 4.74 Å². The quantitative estimate of drug-likeness (QED) is 0.709. The number of amides is 1. The molecular formula is C14H21NO3S. The molecule has 1 aromatic rings. The molecule has 106 valence electrons. The molecule has 0 unspecified atom stereocenters. The van der Waals surface area contributed by atoms with E-state index in [1.807, 2.05) is 24.4 Å². The van der Waals surface area contributed by atoms with Crippen molar-refractivity contribution in [3.8, 4) is 0 Å². The Morgan fingerprint density at radius 3 is 2.89 bits per heavy atom. The second-order valence-corrected chi connectivity index (χ2v) is 5.29. The van der Waals surface area contributed by atoms with E-state index in [-0.39, 0.29) is 11.9 Å². The number of hydrogen-bond donors (Lipinski definition) is 1. The van der Waals surface area contributed by atoms with Crippen molar-refractivity contribution in [2.75, 3.05) is 13.2 Å². The van der Waals surface area contributed by atoms with Crippen LogP contribution < -0.4 is 5.32 Å². The summed E-state index contributed by atoms with van der Waals surface area (Å²) >= 11 is 1.66. The molecule has 1 rings (SSSR count). The zero-order chi connectivity index (χ0) is 13.9. The molecule has 0 aromatic carbocycles. The number of carbonyl (C=O) groups is 2. The molecule has 0 saturated carbocycles. The van der Waals surface area contributed by atoms with Gasteiger partial charge in [0.25, 0.3) is 0 Å². The van der Waals surface area contributed by atoms with Crippen molar-refractivity contribution < 1.29 is 14.3 Å². The van der Waals surface area contributed by atoms with Crippen LogP contribution in [0.25, 0.3) is 0 Å². The molecule has 0 aliphatic rings.